The summed E-state index contributed by atoms with van der Waals surface area (Å²) >= 11 is 0. The van der Waals surface area contributed by atoms with Crippen molar-refractivity contribution in [1.82, 2.24) is 9.21 Å². The first kappa shape index (κ1) is 22.9. The molecular weight excluding hydrogens is 418 g/mol. The van der Waals surface area contributed by atoms with Gasteiger partial charge in [0.25, 0.3) is 11.8 Å². The normalized spacial score (nSPS) is 14.8. The number of carbonyl (C=O) groups excluding carboxylic acids is 2. The molecule has 9 heteroatoms. The van der Waals surface area contributed by atoms with Gasteiger partial charge < -0.3 is 15.0 Å². The van der Waals surface area contributed by atoms with Crippen LogP contribution in [0.1, 0.15) is 33.2 Å². The molecule has 166 valence electrons. The maximum atomic E-state index is 13.2. The Kier molecular flexibility index (Phi) is 7.09. The van der Waals surface area contributed by atoms with Crippen molar-refractivity contribution >= 4 is 27.5 Å². The highest BCUT2D eigenvalue weighted by Crippen LogP contribution is 2.24. The molecule has 0 aliphatic carbocycles. The van der Waals surface area contributed by atoms with Gasteiger partial charge in [0.1, 0.15) is 0 Å². The molecule has 0 atom stereocenters. The zero-order chi connectivity index (χ0) is 22.6. The first-order valence-corrected chi connectivity index (χ1v) is 11.5. The molecule has 3 rings (SSSR count). The fraction of sp³-hybridized carbons (Fsp3) is 0.364. The van der Waals surface area contributed by atoms with Crippen LogP contribution < -0.4 is 5.32 Å². The van der Waals surface area contributed by atoms with Gasteiger partial charge in [-0.25, -0.2) is 8.42 Å². The van der Waals surface area contributed by atoms with Crippen LogP contribution in [0, 0.1) is 0 Å². The molecule has 8 nitrogen and oxygen atoms in total. The summed E-state index contributed by atoms with van der Waals surface area (Å²) in [5.74, 6) is -0.557. The summed E-state index contributed by atoms with van der Waals surface area (Å²) in [5.41, 5.74) is 1.93. The number of nitrogens with one attached hydrogen (secondary N) is 1. The van der Waals surface area contributed by atoms with E-state index in [4.69, 9.17) is 4.74 Å². The molecule has 31 heavy (non-hydrogen) atoms. The standard InChI is InChI=1S/C22H27N3O5S/c1-4-16-5-6-18(15-20(16)31(28,29)25-11-13-30-14-12-25)21(26)23-19-9-7-17(8-10-19)22(27)24(2)3/h5-10,15H,4,11-14H2,1-3H3,(H,23,26). The average Bonchev–Trinajstić information content (AvgIpc) is 2.79. The number of ether oxygens (including phenoxy) is 1. The smallest absolute Gasteiger partial charge is 0.255 e. The number of hydrogen-bond donors (Lipinski definition) is 1. The minimum atomic E-state index is -3.73. The van der Waals surface area contributed by atoms with Crippen molar-refractivity contribution in [3.05, 3.63) is 59.2 Å². The van der Waals surface area contributed by atoms with E-state index in [2.05, 4.69) is 5.32 Å². The lowest BCUT2D eigenvalue weighted by Crippen LogP contribution is -2.41. The Balaban J connectivity index is 1.83. The summed E-state index contributed by atoms with van der Waals surface area (Å²) in [4.78, 5) is 26.4. The minimum Gasteiger partial charge on any atom is -0.379 e. The first-order valence-electron chi connectivity index (χ1n) is 10.1. The van der Waals surface area contributed by atoms with Gasteiger partial charge >= 0.3 is 0 Å². The average molecular weight is 446 g/mol. The molecule has 1 aliphatic rings. The van der Waals surface area contributed by atoms with Crippen molar-refractivity contribution in [2.45, 2.75) is 18.2 Å². The first-order chi connectivity index (χ1) is 14.7. The van der Waals surface area contributed by atoms with Crippen LogP contribution in [0.4, 0.5) is 5.69 Å². The Morgan fingerprint density at radius 2 is 1.65 bits per heavy atom. The van der Waals surface area contributed by atoms with Crippen LogP contribution in [0.2, 0.25) is 0 Å². The molecule has 2 aromatic carbocycles. The van der Waals surface area contributed by atoms with E-state index < -0.39 is 15.9 Å². The van der Waals surface area contributed by atoms with E-state index in [0.29, 0.717) is 49.5 Å². The second kappa shape index (κ2) is 9.59. The molecule has 0 saturated carbocycles. The van der Waals surface area contributed by atoms with Gasteiger partial charge in [-0.15, -0.1) is 0 Å². The largest absolute Gasteiger partial charge is 0.379 e. The molecule has 0 bridgehead atoms. The third kappa shape index (κ3) is 5.12. The van der Waals surface area contributed by atoms with Gasteiger partial charge in [0.15, 0.2) is 0 Å². The van der Waals surface area contributed by atoms with E-state index in [1.807, 2.05) is 6.92 Å². The van der Waals surface area contributed by atoms with Gasteiger partial charge in [0.05, 0.1) is 18.1 Å². The number of carbonyl (C=O) groups is 2. The number of rotatable bonds is 6. The Bertz CT molecular complexity index is 1060. The van der Waals surface area contributed by atoms with Crippen molar-refractivity contribution in [3.63, 3.8) is 0 Å². The van der Waals surface area contributed by atoms with Crippen molar-refractivity contribution in [3.8, 4) is 0 Å². The van der Waals surface area contributed by atoms with Gasteiger partial charge in [0, 0.05) is 44.0 Å². The quantitative estimate of drug-likeness (QED) is 0.736. The summed E-state index contributed by atoms with van der Waals surface area (Å²) in [6.45, 7) is 3.17. The van der Waals surface area contributed by atoms with Crippen molar-refractivity contribution < 1.29 is 22.7 Å². The summed E-state index contributed by atoms with van der Waals surface area (Å²) in [6, 6.07) is 11.3. The SMILES string of the molecule is CCc1ccc(C(=O)Nc2ccc(C(=O)N(C)C)cc2)cc1S(=O)(=O)N1CCOCC1. The fourth-order valence-electron chi connectivity index (χ4n) is 3.31. The molecule has 2 amide bonds. The molecule has 1 saturated heterocycles. The van der Waals surface area contributed by atoms with E-state index >= 15 is 0 Å². The number of benzene rings is 2. The Labute approximate surface area is 182 Å². The fourth-order valence-corrected chi connectivity index (χ4v) is 5.04. The zero-order valence-electron chi connectivity index (χ0n) is 17.9. The number of aryl methyl sites for hydroxylation is 1. The summed E-state index contributed by atoms with van der Waals surface area (Å²) in [6.07, 6.45) is 0.530. The highest BCUT2D eigenvalue weighted by Gasteiger charge is 2.29. The summed E-state index contributed by atoms with van der Waals surface area (Å²) in [7, 11) is -0.391. The lowest BCUT2D eigenvalue weighted by atomic mass is 10.1. The van der Waals surface area contributed by atoms with Crippen LogP contribution in [0.5, 0.6) is 0 Å². The number of sulfonamides is 1. The second-order valence-electron chi connectivity index (χ2n) is 7.42. The third-order valence-corrected chi connectivity index (χ3v) is 7.07. The van der Waals surface area contributed by atoms with Crippen LogP contribution in [0.3, 0.4) is 0 Å². The third-order valence-electron chi connectivity index (χ3n) is 5.09. The van der Waals surface area contributed by atoms with Gasteiger partial charge in [-0.3, -0.25) is 9.59 Å². The predicted molar refractivity (Wildman–Crippen MR) is 118 cm³/mol. The van der Waals surface area contributed by atoms with Gasteiger partial charge in [-0.2, -0.15) is 4.31 Å². The van der Waals surface area contributed by atoms with E-state index in [1.54, 1.807) is 50.5 Å². The zero-order valence-corrected chi connectivity index (χ0v) is 18.7. The van der Waals surface area contributed by atoms with Gasteiger partial charge in [-0.1, -0.05) is 13.0 Å². The van der Waals surface area contributed by atoms with Crippen LogP contribution in [0.15, 0.2) is 47.4 Å². The second-order valence-corrected chi connectivity index (χ2v) is 9.33. The summed E-state index contributed by atoms with van der Waals surface area (Å²) in [5, 5.41) is 2.76. The molecule has 2 aromatic rings. The molecule has 0 spiro atoms. The maximum absolute atomic E-state index is 13.2. The minimum absolute atomic E-state index is 0.133. The van der Waals surface area contributed by atoms with E-state index in [1.165, 1.54) is 15.3 Å². The highest BCUT2D eigenvalue weighted by molar-refractivity contribution is 7.89. The number of amides is 2. The van der Waals surface area contributed by atoms with Gasteiger partial charge in [0.2, 0.25) is 10.0 Å². The highest BCUT2D eigenvalue weighted by atomic mass is 32.2. The molecule has 1 fully saturated rings. The van der Waals surface area contributed by atoms with E-state index in [0.717, 1.165) is 0 Å². The molecule has 0 aromatic heterocycles. The van der Waals surface area contributed by atoms with Crippen molar-refractivity contribution in [2.75, 3.05) is 45.7 Å². The molecule has 1 aliphatic heterocycles. The summed E-state index contributed by atoms with van der Waals surface area (Å²) < 4.78 is 33.0. The Morgan fingerprint density at radius 1 is 1.03 bits per heavy atom. The Morgan fingerprint density at radius 3 is 2.23 bits per heavy atom. The Hall–Kier alpha value is -2.75. The number of hydrogen-bond acceptors (Lipinski definition) is 5. The number of anilines is 1. The monoisotopic (exact) mass is 445 g/mol. The van der Waals surface area contributed by atoms with E-state index in [9.17, 15) is 18.0 Å². The molecule has 1 heterocycles. The predicted octanol–water partition coefficient (Wildman–Crippen LogP) is 2.22. The van der Waals surface area contributed by atoms with Gasteiger partial charge in [-0.05, 0) is 48.4 Å². The molecular formula is C22H27N3O5S. The van der Waals surface area contributed by atoms with Crippen LogP contribution in [-0.4, -0.2) is 69.8 Å². The van der Waals surface area contributed by atoms with Crippen LogP contribution >= 0.6 is 0 Å². The number of morpholine rings is 1. The number of nitrogens with zero attached hydrogens (tertiary/aromatic N) is 2. The molecule has 0 unspecified atom stereocenters. The van der Waals surface area contributed by atoms with Crippen molar-refractivity contribution in [2.24, 2.45) is 0 Å². The topological polar surface area (TPSA) is 96.0 Å². The van der Waals surface area contributed by atoms with Crippen molar-refractivity contribution in [1.29, 1.82) is 0 Å². The van der Waals surface area contributed by atoms with Crippen LogP contribution in [-0.2, 0) is 21.2 Å². The lowest BCUT2D eigenvalue weighted by Gasteiger charge is -2.27. The van der Waals surface area contributed by atoms with E-state index in [-0.39, 0.29) is 16.4 Å². The maximum Gasteiger partial charge on any atom is 0.255 e. The van der Waals surface area contributed by atoms with Crippen LogP contribution in [0.25, 0.3) is 0 Å². The molecule has 0 radical (unpaired) electrons. The lowest BCUT2D eigenvalue weighted by molar-refractivity contribution is 0.0730. The molecule has 1 N–H and O–H groups in total.